The second-order valence-electron chi connectivity index (χ2n) is 6.67. The molecule has 1 saturated heterocycles. The van der Waals surface area contributed by atoms with Gasteiger partial charge in [-0.2, -0.15) is 5.10 Å². The van der Waals surface area contributed by atoms with Crippen molar-refractivity contribution in [3.05, 3.63) is 53.9 Å². The predicted octanol–water partition coefficient (Wildman–Crippen LogP) is 3.00. The lowest BCUT2D eigenvalue weighted by Gasteiger charge is -2.32. The molecule has 1 aliphatic heterocycles. The summed E-state index contributed by atoms with van der Waals surface area (Å²) in [5.41, 5.74) is 2.53. The third kappa shape index (κ3) is 2.81. The van der Waals surface area contributed by atoms with Crippen molar-refractivity contribution in [2.24, 2.45) is 7.05 Å². The summed E-state index contributed by atoms with van der Waals surface area (Å²) in [6.45, 7) is 1.42. The molecule has 3 heterocycles. The summed E-state index contributed by atoms with van der Waals surface area (Å²) >= 11 is 0. The number of benzene rings is 1. The highest BCUT2D eigenvalue weighted by Gasteiger charge is 2.29. The first-order chi connectivity index (χ1) is 12.7. The van der Waals surface area contributed by atoms with Crippen LogP contribution in [0.15, 0.2) is 42.6 Å². The Balaban J connectivity index is 1.62. The van der Waals surface area contributed by atoms with E-state index in [1.807, 2.05) is 47.0 Å². The third-order valence-corrected chi connectivity index (χ3v) is 5.06. The maximum absolute atomic E-state index is 13.0. The Morgan fingerprint density at radius 2 is 2.08 bits per heavy atom. The Labute approximate surface area is 152 Å². The molecule has 1 aromatic carbocycles. The number of amides is 1. The molecule has 1 amide bonds. The van der Waals surface area contributed by atoms with Gasteiger partial charge >= 0.3 is 0 Å². The van der Waals surface area contributed by atoms with Gasteiger partial charge in [0.25, 0.3) is 5.91 Å². The van der Waals surface area contributed by atoms with Crippen LogP contribution >= 0.6 is 0 Å². The van der Waals surface area contributed by atoms with Gasteiger partial charge in [0.2, 0.25) is 0 Å². The van der Waals surface area contributed by atoms with Gasteiger partial charge in [-0.3, -0.25) is 9.48 Å². The molecule has 4 rings (SSSR count). The first kappa shape index (κ1) is 16.6. The zero-order chi connectivity index (χ0) is 18.1. The number of nitrogens with zero attached hydrogens (tertiary/aromatic N) is 4. The summed E-state index contributed by atoms with van der Waals surface area (Å²) < 4.78 is 7.18. The van der Waals surface area contributed by atoms with E-state index in [1.54, 1.807) is 13.3 Å². The normalized spacial score (nSPS) is 17.5. The van der Waals surface area contributed by atoms with Crippen molar-refractivity contribution < 1.29 is 9.53 Å². The van der Waals surface area contributed by atoms with Crippen LogP contribution in [0.5, 0.6) is 5.75 Å². The molecular weight excluding hydrogens is 328 g/mol. The van der Waals surface area contributed by atoms with Crippen molar-refractivity contribution in [1.82, 2.24) is 19.7 Å². The maximum atomic E-state index is 13.0. The molecule has 1 atom stereocenters. The average Bonchev–Trinajstić information content (AvgIpc) is 3.04. The zero-order valence-corrected chi connectivity index (χ0v) is 15.1. The summed E-state index contributed by atoms with van der Waals surface area (Å²) in [6, 6.07) is 11.4. The molecule has 134 valence electrons. The van der Waals surface area contributed by atoms with E-state index in [-0.39, 0.29) is 11.8 Å². The van der Waals surface area contributed by atoms with Gasteiger partial charge in [0.05, 0.1) is 18.4 Å². The summed E-state index contributed by atoms with van der Waals surface area (Å²) in [5.74, 6) is 0.855. The number of para-hydroxylation sites is 1. The van der Waals surface area contributed by atoms with Crippen LogP contribution < -0.4 is 4.74 Å². The number of piperidine rings is 1. The largest absolute Gasteiger partial charge is 0.496 e. The molecule has 0 spiro atoms. The van der Waals surface area contributed by atoms with Gasteiger partial charge in [-0.1, -0.05) is 12.1 Å². The van der Waals surface area contributed by atoms with E-state index in [0.717, 1.165) is 36.1 Å². The van der Waals surface area contributed by atoms with Crippen LogP contribution in [0.25, 0.3) is 11.0 Å². The lowest BCUT2D eigenvalue weighted by atomic mass is 9.92. The predicted molar refractivity (Wildman–Crippen MR) is 99.4 cm³/mol. The second-order valence-corrected chi connectivity index (χ2v) is 6.67. The molecule has 0 aliphatic carbocycles. The third-order valence-electron chi connectivity index (χ3n) is 5.06. The molecule has 26 heavy (non-hydrogen) atoms. The number of hydrogen-bond acceptors (Lipinski definition) is 4. The van der Waals surface area contributed by atoms with Crippen molar-refractivity contribution in [2.45, 2.75) is 18.8 Å². The van der Waals surface area contributed by atoms with Crippen molar-refractivity contribution in [1.29, 1.82) is 0 Å². The fourth-order valence-corrected chi connectivity index (χ4v) is 3.80. The topological polar surface area (TPSA) is 60.2 Å². The van der Waals surface area contributed by atoms with Gasteiger partial charge in [-0.25, -0.2) is 4.98 Å². The van der Waals surface area contributed by atoms with Crippen molar-refractivity contribution in [2.75, 3.05) is 20.2 Å². The van der Waals surface area contributed by atoms with Crippen molar-refractivity contribution in [3.63, 3.8) is 0 Å². The van der Waals surface area contributed by atoms with E-state index in [1.165, 1.54) is 0 Å². The van der Waals surface area contributed by atoms with Crippen LogP contribution in [0.2, 0.25) is 0 Å². The van der Waals surface area contributed by atoms with Crippen molar-refractivity contribution >= 4 is 16.9 Å². The van der Waals surface area contributed by atoms with Crippen LogP contribution in [-0.4, -0.2) is 45.8 Å². The number of carbonyl (C=O) groups excluding carboxylic acids is 1. The van der Waals surface area contributed by atoms with Gasteiger partial charge in [-0.05, 0) is 37.1 Å². The van der Waals surface area contributed by atoms with Gasteiger partial charge in [-0.15, -0.1) is 0 Å². The number of methoxy groups -OCH3 is 1. The standard InChI is InChI=1S/C20H22N4O2/c1-23-19-16(9-5-11-21-19)18(22-23)14-7-6-12-24(13-14)20(25)15-8-3-4-10-17(15)26-2/h3-5,8-11,14H,6-7,12-13H2,1-2H3/t14-/m1/s1. The van der Waals surface area contributed by atoms with Gasteiger partial charge in [0, 0.05) is 37.6 Å². The number of carbonyl (C=O) groups is 1. The Morgan fingerprint density at radius 3 is 2.92 bits per heavy atom. The van der Waals surface area contributed by atoms with Gasteiger partial charge < -0.3 is 9.64 Å². The van der Waals surface area contributed by atoms with Crippen LogP contribution in [0.1, 0.15) is 34.8 Å². The van der Waals surface area contributed by atoms with Gasteiger partial charge in [0.15, 0.2) is 5.65 Å². The Hall–Kier alpha value is -2.89. The molecule has 6 heteroatoms. The van der Waals surface area contributed by atoms with Crippen LogP contribution in [0.4, 0.5) is 0 Å². The molecule has 0 bridgehead atoms. The first-order valence-electron chi connectivity index (χ1n) is 8.89. The van der Waals surface area contributed by atoms with Crippen molar-refractivity contribution in [3.8, 4) is 5.75 Å². The summed E-state index contributed by atoms with van der Waals surface area (Å²) in [4.78, 5) is 19.4. The summed E-state index contributed by atoms with van der Waals surface area (Å²) in [5, 5.41) is 5.78. The van der Waals surface area contributed by atoms with E-state index in [9.17, 15) is 4.79 Å². The van der Waals surface area contributed by atoms with E-state index in [4.69, 9.17) is 9.84 Å². The van der Waals surface area contributed by atoms with Crippen LogP contribution in [0, 0.1) is 0 Å². The SMILES string of the molecule is COc1ccccc1C(=O)N1CCC[C@@H](c2nn(C)c3ncccc23)C1. The number of aromatic nitrogens is 3. The number of aryl methyl sites for hydroxylation is 1. The van der Waals surface area contributed by atoms with E-state index < -0.39 is 0 Å². The Bertz CT molecular complexity index is 950. The number of fused-ring (bicyclic) bond motifs is 1. The lowest BCUT2D eigenvalue weighted by molar-refractivity contribution is 0.0702. The smallest absolute Gasteiger partial charge is 0.257 e. The summed E-state index contributed by atoms with van der Waals surface area (Å²) in [7, 11) is 3.51. The highest BCUT2D eigenvalue weighted by atomic mass is 16.5. The Morgan fingerprint density at radius 1 is 1.23 bits per heavy atom. The minimum absolute atomic E-state index is 0.0190. The van der Waals surface area contributed by atoms with E-state index in [0.29, 0.717) is 17.9 Å². The average molecular weight is 350 g/mol. The molecule has 0 N–H and O–H groups in total. The minimum atomic E-state index is 0.0190. The maximum Gasteiger partial charge on any atom is 0.257 e. The zero-order valence-electron chi connectivity index (χ0n) is 15.1. The molecule has 0 radical (unpaired) electrons. The second kappa shape index (κ2) is 6.78. The first-order valence-corrected chi connectivity index (χ1v) is 8.89. The Kier molecular flexibility index (Phi) is 4.32. The number of hydrogen-bond donors (Lipinski definition) is 0. The number of rotatable bonds is 3. The molecule has 0 saturated carbocycles. The van der Waals surface area contributed by atoms with Crippen LogP contribution in [-0.2, 0) is 7.05 Å². The monoisotopic (exact) mass is 350 g/mol. The number of likely N-dealkylation sites (tertiary alicyclic amines) is 1. The number of pyridine rings is 1. The molecule has 3 aromatic rings. The van der Waals surface area contributed by atoms with Gasteiger partial charge in [0.1, 0.15) is 5.75 Å². The summed E-state index contributed by atoms with van der Waals surface area (Å²) in [6.07, 6.45) is 3.77. The quantitative estimate of drug-likeness (QED) is 0.729. The molecule has 2 aromatic heterocycles. The molecule has 6 nitrogen and oxygen atoms in total. The molecule has 0 unspecified atom stereocenters. The molecule has 1 fully saturated rings. The van der Waals surface area contributed by atoms with E-state index >= 15 is 0 Å². The molecular formula is C20H22N4O2. The fraction of sp³-hybridized carbons (Fsp3) is 0.350. The van der Waals surface area contributed by atoms with Crippen LogP contribution in [0.3, 0.4) is 0 Å². The lowest BCUT2D eigenvalue weighted by Crippen LogP contribution is -2.39. The highest BCUT2D eigenvalue weighted by Crippen LogP contribution is 2.32. The minimum Gasteiger partial charge on any atom is -0.496 e. The highest BCUT2D eigenvalue weighted by molar-refractivity contribution is 5.97. The molecule has 1 aliphatic rings. The number of ether oxygens (including phenoxy) is 1. The fourth-order valence-electron chi connectivity index (χ4n) is 3.80. The van der Waals surface area contributed by atoms with E-state index in [2.05, 4.69) is 11.1 Å².